The van der Waals surface area contributed by atoms with Crippen molar-refractivity contribution in [2.24, 2.45) is 5.92 Å². The highest BCUT2D eigenvalue weighted by Crippen LogP contribution is 2.38. The van der Waals surface area contributed by atoms with Crippen LogP contribution in [0.25, 0.3) is 43.6 Å². The fourth-order valence-electron chi connectivity index (χ4n) is 19.2. The summed E-state index contributed by atoms with van der Waals surface area (Å²) in [6, 6.07) is 55.9. The first-order valence-electron chi connectivity index (χ1n) is 45.8. The van der Waals surface area contributed by atoms with E-state index in [-0.39, 0.29) is 23.1 Å². The third kappa shape index (κ3) is 26.8. The molecule has 12 aromatic rings. The van der Waals surface area contributed by atoms with Crippen molar-refractivity contribution in [1.82, 2.24) is 52.6 Å². The van der Waals surface area contributed by atoms with Crippen LogP contribution in [0.1, 0.15) is 155 Å². The molecule has 17 nitrogen and oxygen atoms in total. The molecule has 0 bridgehead atoms. The number of likely N-dealkylation sites (tertiary alicyclic amines) is 1. The van der Waals surface area contributed by atoms with Gasteiger partial charge in [-0.2, -0.15) is 0 Å². The number of hydrogen-bond acceptors (Lipinski definition) is 13. The van der Waals surface area contributed by atoms with Crippen LogP contribution in [-0.4, -0.2) is 213 Å². The molecule has 25 heteroatoms. The number of fused-ring (bicyclic) bond motifs is 4. The van der Waals surface area contributed by atoms with Crippen molar-refractivity contribution in [2.45, 2.75) is 146 Å². The summed E-state index contributed by atoms with van der Waals surface area (Å²) in [7, 11) is 0. The number of para-hydroxylation sites is 4. The quantitative estimate of drug-likeness (QED) is 0.0371. The van der Waals surface area contributed by atoms with Crippen molar-refractivity contribution in [1.29, 1.82) is 0 Å². The van der Waals surface area contributed by atoms with E-state index in [4.69, 9.17) is 55.9 Å². The average Bonchev–Trinajstić information content (AvgIpc) is 1.60. The molecule has 0 spiro atoms. The normalized spacial score (nSPS) is 15.6. The summed E-state index contributed by atoms with van der Waals surface area (Å²) >= 11 is 39.3. The number of ketones is 4. The molecule has 4 saturated heterocycles. The Morgan fingerprint density at radius 2 is 0.674 bits per heavy atom. The van der Waals surface area contributed by atoms with Gasteiger partial charge >= 0.3 is 0 Å². The van der Waals surface area contributed by atoms with Gasteiger partial charge in [0.15, 0.2) is 23.1 Å². The number of Topliss-reactive ketones (excluding diaryl/α,β-unsaturated/α-hetero) is 4. The summed E-state index contributed by atoms with van der Waals surface area (Å²) < 4.78 is 25.1. The zero-order chi connectivity index (χ0) is 91.2. The van der Waals surface area contributed by atoms with Crippen molar-refractivity contribution in [3.05, 3.63) is 264 Å². The molecule has 0 aliphatic carbocycles. The first-order chi connectivity index (χ1) is 62.3. The Bertz CT molecular complexity index is 5600. The lowest BCUT2D eigenvalue weighted by atomic mass is 9.94. The number of carbonyl (C=O) groups is 4. The van der Waals surface area contributed by atoms with Gasteiger partial charge in [0, 0.05) is 203 Å². The second kappa shape index (κ2) is 48.8. The van der Waals surface area contributed by atoms with E-state index in [9.17, 15) is 19.2 Å². The SMILES string of the molecule is CC(=O)c1c(C)n(CCCN2CCC(CCOc3ccc(Cl)cc3)CC2)c2c(Br)cccc12.CC(=O)c1c(C)n(CCCN2CCCN(Cc3ccccc3Cl)CC2)c2c(Br)cccc12.CC(=O)c1c(C)n(CCCN2CCN(CCOc3ccc(Cl)cc3)CC2)c2c(Br)cccc12.CC(=O)c1cn(CCCN2CCCN(Cc3ccccc3Cl)CC2)c2c(Br)cccc12. The minimum absolute atomic E-state index is 0.118. The number of piperidine rings is 1. The molecule has 4 aliphatic heterocycles. The van der Waals surface area contributed by atoms with Crippen LogP contribution in [0.4, 0.5) is 0 Å². The maximum Gasteiger partial charge on any atom is 0.162 e. The molecule has 4 aliphatic rings. The Hall–Kier alpha value is -7.00. The van der Waals surface area contributed by atoms with Gasteiger partial charge in [-0.25, -0.2) is 0 Å². The van der Waals surface area contributed by atoms with E-state index in [2.05, 4.69) is 198 Å². The third-order valence-corrected chi connectivity index (χ3v) is 29.7. The highest BCUT2D eigenvalue weighted by molar-refractivity contribution is 9.11. The van der Waals surface area contributed by atoms with Crippen LogP contribution in [0.15, 0.2) is 194 Å². The maximum absolute atomic E-state index is 12.3. The van der Waals surface area contributed by atoms with Crippen LogP contribution in [0.2, 0.25) is 20.1 Å². The van der Waals surface area contributed by atoms with Crippen molar-refractivity contribution in [2.75, 3.05) is 138 Å². The molecule has 0 radical (unpaired) electrons. The maximum atomic E-state index is 12.3. The number of halogens is 8. The number of aromatic nitrogens is 4. The number of nitrogens with zero attached hydrogens (tertiary/aromatic N) is 11. The molecule has 0 unspecified atom stereocenters. The van der Waals surface area contributed by atoms with Crippen molar-refractivity contribution in [3.8, 4) is 11.5 Å². The minimum Gasteiger partial charge on any atom is -0.494 e. The van der Waals surface area contributed by atoms with Gasteiger partial charge in [0.2, 0.25) is 0 Å². The Morgan fingerprint density at radius 3 is 1.06 bits per heavy atom. The lowest BCUT2D eigenvalue weighted by molar-refractivity contribution is 0.101. The molecule has 686 valence electrons. The molecule has 0 atom stereocenters. The monoisotopic (exact) mass is 2080 g/mol. The third-order valence-electron chi connectivity index (χ3n) is 25.9. The number of aryl methyl sites for hydroxylation is 4. The topological polar surface area (TPSA) is 129 Å². The van der Waals surface area contributed by atoms with Crippen LogP contribution >= 0.6 is 110 Å². The Balaban J connectivity index is 0.000000147. The summed E-state index contributed by atoms with van der Waals surface area (Å²) in [5.74, 6) is 3.01. The molecular formula is C104H123Br4Cl4N11O6. The van der Waals surface area contributed by atoms with Crippen LogP contribution in [-0.2, 0) is 39.3 Å². The van der Waals surface area contributed by atoms with Gasteiger partial charge in [0.1, 0.15) is 18.1 Å². The summed E-state index contributed by atoms with van der Waals surface area (Å²) in [4.78, 5) is 66.7. The first-order valence-corrected chi connectivity index (χ1v) is 50.5. The number of rotatable bonds is 32. The van der Waals surface area contributed by atoms with Gasteiger partial charge < -0.3 is 47.3 Å². The Morgan fingerprint density at radius 1 is 0.341 bits per heavy atom. The van der Waals surface area contributed by atoms with E-state index in [1.165, 1.54) is 36.8 Å². The van der Waals surface area contributed by atoms with E-state index >= 15 is 0 Å². The van der Waals surface area contributed by atoms with Crippen LogP contribution in [0.3, 0.4) is 0 Å². The molecule has 4 fully saturated rings. The van der Waals surface area contributed by atoms with E-state index in [0.29, 0.717) is 6.61 Å². The van der Waals surface area contributed by atoms with Gasteiger partial charge in [-0.1, -0.05) is 131 Å². The molecule has 0 amide bonds. The number of piperazine rings is 1. The van der Waals surface area contributed by atoms with Gasteiger partial charge in [0.25, 0.3) is 0 Å². The minimum atomic E-state index is 0.118. The highest BCUT2D eigenvalue weighted by atomic mass is 79.9. The van der Waals surface area contributed by atoms with Crippen LogP contribution < -0.4 is 9.47 Å². The second-order valence-corrected chi connectivity index (χ2v) is 39.8. The fourth-order valence-corrected chi connectivity index (χ4v) is 22.2. The predicted octanol–water partition coefficient (Wildman–Crippen LogP) is 24.8. The zero-order valence-electron chi connectivity index (χ0n) is 75.7. The van der Waals surface area contributed by atoms with Crippen molar-refractivity contribution >= 4 is 177 Å². The summed E-state index contributed by atoms with van der Waals surface area (Å²) in [6.07, 6.45) is 12.2. The number of ether oxygens (including phenoxy) is 2. The highest BCUT2D eigenvalue weighted by Gasteiger charge is 2.27. The number of carbonyl (C=O) groups excluding carboxylic acids is 4. The van der Waals surface area contributed by atoms with Gasteiger partial charge in [-0.15, -0.1) is 0 Å². The Kier molecular flexibility index (Phi) is 37.6. The second-order valence-electron chi connectivity index (χ2n) is 34.7. The van der Waals surface area contributed by atoms with Crippen LogP contribution in [0.5, 0.6) is 11.5 Å². The van der Waals surface area contributed by atoms with Crippen molar-refractivity contribution in [3.63, 3.8) is 0 Å². The molecule has 4 aromatic heterocycles. The summed E-state index contributed by atoms with van der Waals surface area (Å²) in [6.45, 7) is 40.4. The molecule has 8 heterocycles. The van der Waals surface area contributed by atoms with Crippen LogP contribution in [0, 0.1) is 26.7 Å². The molecular weight excluding hydrogens is 1960 g/mol. The number of benzene rings is 8. The van der Waals surface area contributed by atoms with Gasteiger partial charge in [-0.3, -0.25) is 33.9 Å². The molecule has 16 rings (SSSR count). The van der Waals surface area contributed by atoms with Crippen molar-refractivity contribution < 1.29 is 28.7 Å². The molecule has 129 heavy (non-hydrogen) atoms. The zero-order valence-corrected chi connectivity index (χ0v) is 85.0. The van der Waals surface area contributed by atoms with E-state index in [0.717, 1.165) is 341 Å². The first kappa shape index (κ1) is 99.5. The van der Waals surface area contributed by atoms with Gasteiger partial charge in [-0.05, 0) is 337 Å². The molecule has 0 N–H and O–H groups in total. The average molecular weight is 2080 g/mol. The summed E-state index contributed by atoms with van der Waals surface area (Å²) in [5.41, 5.74) is 13.5. The predicted molar refractivity (Wildman–Crippen MR) is 547 cm³/mol. The lowest BCUT2D eigenvalue weighted by Gasteiger charge is -2.34. The fraction of sp³-hybridized carbons (Fsp3) is 0.423. The number of hydrogen-bond donors (Lipinski definition) is 0. The Labute approximate surface area is 816 Å². The van der Waals surface area contributed by atoms with E-state index in [1.54, 1.807) is 27.7 Å². The van der Waals surface area contributed by atoms with Gasteiger partial charge in [0.05, 0.1) is 28.7 Å². The molecule has 8 aromatic carbocycles. The smallest absolute Gasteiger partial charge is 0.162 e. The molecule has 0 saturated carbocycles. The van der Waals surface area contributed by atoms with E-state index in [1.807, 2.05) is 115 Å². The van der Waals surface area contributed by atoms with E-state index < -0.39 is 0 Å². The largest absolute Gasteiger partial charge is 0.494 e. The summed E-state index contributed by atoms with van der Waals surface area (Å²) in [5, 5.41) is 7.37. The standard InChI is InChI=1S/C27H32BrClN2O2.C26H31BrClN3O2.C26H31BrClN3O.C25H29BrClN3O/c1-19-26(20(2)32)24-5-3-6-25(28)27(24)31(19)15-4-14-30-16-11-21(12-17-30)13-18-33-23-9-7-22(29)8-10-23;1-19-25(20(2)32)23-5-3-6-24(27)26(23)31(19)12-4-11-29-13-15-30(16-14-29)17-18-33-22-9-7-21(28)8-10-22;1-19-25(20(2)32)22-9-5-10-23(27)26(22)31(19)15-7-13-29-12-6-14-30(17-16-29)18-21-8-3-4-11-24(21)28;1-19(31)22-18-30(25-21(22)8-4-9-23(25)26)14-6-12-28-11-5-13-29(16-15-28)17-20-7-2-3-10-24(20)27/h3,5-10,21H,4,11-18H2,1-2H3;3,5-10H,4,11-18H2,1-2H3;3-5,8-11H,6-7,12-18H2,1-2H3;2-4,7-10,18H,5-6,11-17H2,1H3. The lowest BCUT2D eigenvalue weighted by Crippen LogP contribution is -2.47.